The molecule has 9 nitrogen and oxygen atoms in total. The van der Waals surface area contributed by atoms with Gasteiger partial charge in [-0.15, -0.1) is 0 Å². The van der Waals surface area contributed by atoms with E-state index in [0.717, 1.165) is 0 Å². The first kappa shape index (κ1) is 18.3. The molecular weight excluding hydrogens is 419 g/mol. The van der Waals surface area contributed by atoms with E-state index in [4.69, 9.17) is 9.47 Å². The SMILES string of the molecule is CO[C@@H]1[C@H](O)[C@@H](CO)O[C@H]1n1cc(I)c(N=CN(C)C)nc1=O. The van der Waals surface area contributed by atoms with Crippen molar-refractivity contribution >= 4 is 34.7 Å². The Bertz CT molecular complexity index is 635. The highest BCUT2D eigenvalue weighted by Crippen LogP contribution is 2.31. The molecule has 1 saturated heterocycles. The summed E-state index contributed by atoms with van der Waals surface area (Å²) in [6, 6.07) is 0. The molecule has 0 radical (unpaired) electrons. The van der Waals surface area contributed by atoms with E-state index in [0.29, 0.717) is 9.39 Å². The fourth-order valence-electron chi connectivity index (χ4n) is 2.23. The third-order valence-corrected chi connectivity index (χ3v) is 4.10. The molecule has 2 heterocycles. The molecule has 0 spiro atoms. The number of aliphatic hydroxyl groups is 2. The molecule has 0 saturated carbocycles. The Balaban J connectivity index is 2.37. The van der Waals surface area contributed by atoms with Crippen LogP contribution >= 0.6 is 22.6 Å². The van der Waals surface area contributed by atoms with Gasteiger partial charge in [0.05, 0.1) is 16.5 Å². The third kappa shape index (κ3) is 3.88. The van der Waals surface area contributed by atoms with Gasteiger partial charge in [-0.3, -0.25) is 4.57 Å². The molecule has 10 heteroatoms. The van der Waals surface area contributed by atoms with Crippen LogP contribution in [0.3, 0.4) is 0 Å². The molecule has 1 aromatic heterocycles. The molecule has 1 aliphatic rings. The van der Waals surface area contributed by atoms with Crippen molar-refractivity contribution in [3.05, 3.63) is 20.3 Å². The minimum absolute atomic E-state index is 0.298. The van der Waals surface area contributed by atoms with Crippen molar-refractivity contribution in [2.24, 2.45) is 4.99 Å². The zero-order chi connectivity index (χ0) is 17.1. The Morgan fingerprint density at radius 3 is 2.87 bits per heavy atom. The summed E-state index contributed by atoms with van der Waals surface area (Å²) in [5.41, 5.74) is -0.575. The van der Waals surface area contributed by atoms with Crippen LogP contribution in [0.1, 0.15) is 6.23 Å². The standard InChI is InChI=1S/C13H19IN4O5/c1-17(2)6-15-11-7(14)4-18(13(21)16-11)12-10(22-3)9(20)8(5-19)23-12/h4,6,8-10,12,19-20H,5H2,1-3H3/t8-,9-,10-,12-/m1/s1. The molecule has 2 N–H and O–H groups in total. The van der Waals surface area contributed by atoms with Crippen LogP contribution < -0.4 is 5.69 Å². The second-order valence-corrected chi connectivity index (χ2v) is 6.41. The van der Waals surface area contributed by atoms with E-state index in [-0.39, 0.29) is 6.61 Å². The van der Waals surface area contributed by atoms with Crippen molar-refractivity contribution in [2.45, 2.75) is 24.5 Å². The Morgan fingerprint density at radius 2 is 2.30 bits per heavy atom. The van der Waals surface area contributed by atoms with Crippen molar-refractivity contribution in [2.75, 3.05) is 27.8 Å². The molecular formula is C13H19IN4O5. The molecule has 1 fully saturated rings. The highest BCUT2D eigenvalue weighted by Gasteiger charge is 2.45. The minimum atomic E-state index is -1.04. The number of nitrogens with zero attached hydrogens (tertiary/aromatic N) is 4. The first-order valence-corrected chi connectivity index (χ1v) is 7.93. The topological polar surface area (TPSA) is 109 Å². The lowest BCUT2D eigenvalue weighted by Crippen LogP contribution is -2.37. The fraction of sp³-hybridized carbons (Fsp3) is 0.615. The van der Waals surface area contributed by atoms with Gasteiger partial charge < -0.3 is 24.6 Å². The number of methoxy groups -OCH3 is 1. The number of hydrogen-bond donors (Lipinski definition) is 2. The minimum Gasteiger partial charge on any atom is -0.394 e. The smallest absolute Gasteiger partial charge is 0.351 e. The van der Waals surface area contributed by atoms with Gasteiger partial charge in [-0.25, -0.2) is 9.79 Å². The average molecular weight is 438 g/mol. The van der Waals surface area contributed by atoms with Gasteiger partial charge in [0.25, 0.3) is 0 Å². The normalized spacial score (nSPS) is 27.7. The lowest BCUT2D eigenvalue weighted by atomic mass is 10.1. The molecule has 4 atom stereocenters. The van der Waals surface area contributed by atoms with Gasteiger partial charge in [-0.2, -0.15) is 4.98 Å². The van der Waals surface area contributed by atoms with E-state index in [1.54, 1.807) is 17.4 Å². The van der Waals surface area contributed by atoms with Gasteiger partial charge in [-0.1, -0.05) is 0 Å². The molecule has 0 amide bonds. The number of ether oxygens (including phenoxy) is 2. The van der Waals surface area contributed by atoms with Gasteiger partial charge in [0.2, 0.25) is 0 Å². The van der Waals surface area contributed by atoms with Crippen molar-refractivity contribution in [1.29, 1.82) is 0 Å². The molecule has 128 valence electrons. The zero-order valence-electron chi connectivity index (χ0n) is 13.0. The summed E-state index contributed by atoms with van der Waals surface area (Å²) in [5.74, 6) is 0.298. The van der Waals surface area contributed by atoms with Crippen LogP contribution in [0.2, 0.25) is 0 Å². The number of aliphatic imine (C=N–C) groups is 1. The summed E-state index contributed by atoms with van der Waals surface area (Å²) >= 11 is 2.01. The van der Waals surface area contributed by atoms with E-state index in [9.17, 15) is 15.0 Å². The van der Waals surface area contributed by atoms with Crippen molar-refractivity contribution in [3.8, 4) is 0 Å². The number of rotatable bonds is 5. The molecule has 0 unspecified atom stereocenters. The van der Waals surface area contributed by atoms with E-state index < -0.39 is 30.2 Å². The lowest BCUT2D eigenvalue weighted by molar-refractivity contribution is -0.0625. The van der Waals surface area contributed by atoms with Gasteiger partial charge in [-0.05, 0) is 22.6 Å². The van der Waals surface area contributed by atoms with Crippen LogP contribution in [0.25, 0.3) is 0 Å². The van der Waals surface area contributed by atoms with Crippen LogP contribution in [0.5, 0.6) is 0 Å². The fourth-order valence-corrected chi connectivity index (χ4v) is 2.79. The number of aromatic nitrogens is 2. The first-order valence-electron chi connectivity index (χ1n) is 6.85. The van der Waals surface area contributed by atoms with Gasteiger partial charge >= 0.3 is 5.69 Å². The molecule has 0 aromatic carbocycles. The monoisotopic (exact) mass is 438 g/mol. The maximum atomic E-state index is 12.3. The van der Waals surface area contributed by atoms with Crippen molar-refractivity contribution < 1.29 is 19.7 Å². The third-order valence-electron chi connectivity index (χ3n) is 3.34. The predicted molar refractivity (Wildman–Crippen MR) is 90.9 cm³/mol. The van der Waals surface area contributed by atoms with Crippen LogP contribution in [-0.4, -0.2) is 77.1 Å². The zero-order valence-corrected chi connectivity index (χ0v) is 15.1. The maximum absolute atomic E-state index is 12.3. The van der Waals surface area contributed by atoms with Crippen LogP contribution in [0.15, 0.2) is 16.0 Å². The van der Waals surface area contributed by atoms with Crippen molar-refractivity contribution in [3.63, 3.8) is 0 Å². The molecule has 1 aliphatic heterocycles. The molecule has 1 aromatic rings. The lowest BCUT2D eigenvalue weighted by Gasteiger charge is -2.20. The summed E-state index contributed by atoms with van der Waals surface area (Å²) in [6.07, 6.45) is -0.413. The van der Waals surface area contributed by atoms with E-state index in [1.165, 1.54) is 11.7 Å². The maximum Gasteiger partial charge on any atom is 0.351 e. The second-order valence-electron chi connectivity index (χ2n) is 5.25. The molecule has 2 rings (SSSR count). The highest BCUT2D eigenvalue weighted by atomic mass is 127. The number of halogens is 1. The van der Waals surface area contributed by atoms with Crippen molar-refractivity contribution in [1.82, 2.24) is 14.5 Å². The van der Waals surface area contributed by atoms with Gasteiger partial charge in [0.15, 0.2) is 12.0 Å². The summed E-state index contributed by atoms with van der Waals surface area (Å²) in [5, 5.41) is 19.3. The van der Waals surface area contributed by atoms with E-state index in [2.05, 4.69) is 9.98 Å². The first-order chi connectivity index (χ1) is 10.9. The largest absolute Gasteiger partial charge is 0.394 e. The van der Waals surface area contributed by atoms with E-state index in [1.807, 2.05) is 36.7 Å². The molecule has 0 aliphatic carbocycles. The Morgan fingerprint density at radius 1 is 1.61 bits per heavy atom. The second kappa shape index (κ2) is 7.66. The average Bonchev–Trinajstić information content (AvgIpc) is 2.83. The van der Waals surface area contributed by atoms with Crippen LogP contribution in [0, 0.1) is 3.57 Å². The van der Waals surface area contributed by atoms with Crippen LogP contribution in [0.4, 0.5) is 5.82 Å². The van der Waals surface area contributed by atoms with Gasteiger partial charge in [0.1, 0.15) is 18.3 Å². The van der Waals surface area contributed by atoms with Gasteiger partial charge in [0, 0.05) is 27.4 Å². The summed E-state index contributed by atoms with van der Waals surface area (Å²) in [4.78, 5) is 22.1. The predicted octanol–water partition coefficient (Wildman–Crippen LogP) is -0.665. The summed E-state index contributed by atoms with van der Waals surface area (Å²) in [7, 11) is 5.02. The number of hydrogen-bond acceptors (Lipinski definition) is 7. The Hall–Kier alpha value is -1.08. The molecule has 23 heavy (non-hydrogen) atoms. The molecule has 0 bridgehead atoms. The highest BCUT2D eigenvalue weighted by molar-refractivity contribution is 14.1. The number of aliphatic hydroxyl groups excluding tert-OH is 2. The Labute approximate surface area is 146 Å². The Kier molecular flexibility index (Phi) is 6.08. The van der Waals surface area contributed by atoms with E-state index >= 15 is 0 Å². The summed E-state index contributed by atoms with van der Waals surface area (Å²) in [6.45, 7) is -0.373. The van der Waals surface area contributed by atoms with Crippen LogP contribution in [-0.2, 0) is 9.47 Å². The quantitative estimate of drug-likeness (QED) is 0.357. The summed E-state index contributed by atoms with van der Waals surface area (Å²) < 4.78 is 12.6.